The summed E-state index contributed by atoms with van der Waals surface area (Å²) < 4.78 is 32.5. The first-order chi connectivity index (χ1) is 37.7. The zero-order chi connectivity index (χ0) is 56.7. The highest BCUT2D eigenvalue weighted by Gasteiger charge is 2.38. The third kappa shape index (κ3) is 14.7. The molecule has 2 fully saturated rings. The number of Topliss-reactive ketones (excluding diaryl/α,β-unsaturated/α-hetero) is 2. The number of carboxylic acids is 1. The van der Waals surface area contributed by atoms with Gasteiger partial charge >= 0.3 is 5.97 Å². The van der Waals surface area contributed by atoms with Crippen molar-refractivity contribution in [2.75, 3.05) is 24.1 Å². The highest BCUT2D eigenvalue weighted by atomic mass is 79.9. The van der Waals surface area contributed by atoms with Crippen molar-refractivity contribution in [2.24, 2.45) is 0 Å². The van der Waals surface area contributed by atoms with Crippen LogP contribution in [0.25, 0.3) is 44.1 Å². The zero-order valence-corrected chi connectivity index (χ0v) is 46.2. The number of carbonyl (C=O) groups is 6. The van der Waals surface area contributed by atoms with Gasteiger partial charge in [-0.3, -0.25) is 38.1 Å². The number of nitrogen functional groups attached to an aromatic ring is 1. The normalized spacial score (nSPS) is 16.5. The Hall–Kier alpha value is -8.32. The van der Waals surface area contributed by atoms with E-state index in [0.717, 1.165) is 26.9 Å². The fourth-order valence-electron chi connectivity index (χ4n) is 9.23. The molecule has 25 heteroatoms. The summed E-state index contributed by atoms with van der Waals surface area (Å²) in [6.07, 6.45) is 3.96. The minimum atomic E-state index is -1.26. The average molecular weight is 1220 g/mol. The standard InChI is InChI=1S/C27H25BrFN7O3.C22H22FN5O4.C5H5BrN2.CH4/c1-15(37)27-21-8-17(18-11-30-16(2)31-12-18)6-7-22(21)36(34-27)14-26(39)35-13-19(29)9-20(35)10-25(38)33-24-5-3-4-23(28)32-24;1-12(29)22-18-5-14(15-8-24-13(2)25-9-15)3-4-19(18)28(26-22)11-20(30)27-10-16(23)6-17(27)7-21(31)32;6-4-2-1-3-5(7)8-4;/h3-8,11-12,19-20H,9-10,13-14H2,1-2H3,(H,32,33,38);3-5,8-9,16-17H,6-7,10-11H2,1-2H3,(H,31,32);1-3H,(H2,7,8);1H4/t19-,20+;16-,17+;;/m11../s1. The number of aliphatic carboxylic acids is 1. The first-order valence-electron chi connectivity index (χ1n) is 24.7. The monoisotopic (exact) mass is 1220 g/mol. The highest BCUT2D eigenvalue weighted by Crippen LogP contribution is 2.31. The van der Waals surface area contributed by atoms with E-state index in [1.54, 1.807) is 81.1 Å². The van der Waals surface area contributed by atoms with Gasteiger partial charge in [0, 0.05) is 91.9 Å². The second-order valence-electron chi connectivity index (χ2n) is 18.8. The molecule has 0 bridgehead atoms. The van der Waals surface area contributed by atoms with E-state index >= 15 is 0 Å². The molecule has 80 heavy (non-hydrogen) atoms. The van der Waals surface area contributed by atoms with Crippen molar-refractivity contribution in [3.63, 3.8) is 0 Å². The van der Waals surface area contributed by atoms with Crippen LogP contribution < -0.4 is 11.1 Å². The highest BCUT2D eigenvalue weighted by molar-refractivity contribution is 9.10. The number of ketones is 2. The number of carbonyl (C=O) groups excluding carboxylic acids is 5. The number of halogens is 4. The van der Waals surface area contributed by atoms with Gasteiger partial charge < -0.3 is 26.0 Å². The minimum Gasteiger partial charge on any atom is -0.481 e. The number of nitrogens with two attached hydrogens (primary N) is 1. The largest absolute Gasteiger partial charge is 0.481 e. The van der Waals surface area contributed by atoms with Crippen molar-refractivity contribution in [3.8, 4) is 22.3 Å². The maximum Gasteiger partial charge on any atom is 0.305 e. The molecule has 2 aromatic carbocycles. The van der Waals surface area contributed by atoms with E-state index in [9.17, 15) is 37.5 Å². The molecule has 0 spiro atoms. The molecule has 0 unspecified atom stereocenters. The number of hydrogen-bond donors (Lipinski definition) is 3. The van der Waals surface area contributed by atoms with Crippen LogP contribution in [0.2, 0.25) is 0 Å². The number of likely N-dealkylation sites (tertiary alicyclic amines) is 2. The molecule has 21 nitrogen and oxygen atoms in total. The summed E-state index contributed by atoms with van der Waals surface area (Å²) in [5.41, 5.74) is 10.1. The van der Waals surface area contributed by atoms with Crippen molar-refractivity contribution in [1.29, 1.82) is 0 Å². The van der Waals surface area contributed by atoms with Gasteiger partial charge in [0.15, 0.2) is 11.6 Å². The number of amides is 3. The number of nitrogens with one attached hydrogen (secondary N) is 1. The lowest BCUT2D eigenvalue weighted by Crippen LogP contribution is -2.40. The van der Waals surface area contributed by atoms with E-state index in [1.165, 1.54) is 33.0 Å². The molecule has 0 aliphatic carbocycles. The summed E-state index contributed by atoms with van der Waals surface area (Å²) in [5.74, 6) is -0.588. The summed E-state index contributed by atoms with van der Waals surface area (Å²) in [6.45, 7) is 5.72. The SMILES string of the molecule is C.CC(=O)c1nn(CC(=O)N2C[C@H](F)C[C@H]2CC(=O)Nc2cccc(Br)n2)c2ccc(-c3cnc(C)nc3)cc12.CC(=O)c1nn(CC(=O)N2C[C@H](F)C[C@H]2CC(=O)O)c2ccc(-c3cnc(C)nc3)cc12.Nc1cccc(Br)n1. The molecule has 2 saturated heterocycles. The Kier molecular flexibility index (Phi) is 19.4. The molecule has 8 aromatic rings. The number of carboxylic acid groups (broad SMARTS) is 1. The smallest absolute Gasteiger partial charge is 0.305 e. The van der Waals surface area contributed by atoms with Crippen LogP contribution in [0.1, 0.15) is 79.6 Å². The topological polar surface area (TPSA) is 280 Å². The number of benzene rings is 2. The number of anilines is 2. The Morgan fingerprint density at radius 1 is 0.637 bits per heavy atom. The predicted octanol–water partition coefficient (Wildman–Crippen LogP) is 8.61. The summed E-state index contributed by atoms with van der Waals surface area (Å²) in [4.78, 5) is 102. The van der Waals surface area contributed by atoms with Gasteiger partial charge in [0.25, 0.3) is 0 Å². The summed E-state index contributed by atoms with van der Waals surface area (Å²) in [7, 11) is 0. The fraction of sp³-hybridized carbons (Fsp3) is 0.309. The molecule has 8 heterocycles. The van der Waals surface area contributed by atoms with Gasteiger partial charge in [0.2, 0.25) is 17.7 Å². The number of hydrogen-bond acceptors (Lipinski definition) is 15. The van der Waals surface area contributed by atoms with Crippen molar-refractivity contribution in [3.05, 3.63) is 130 Å². The molecule has 416 valence electrons. The van der Waals surface area contributed by atoms with Crippen molar-refractivity contribution < 1.29 is 42.7 Å². The van der Waals surface area contributed by atoms with Crippen LogP contribution in [0, 0.1) is 13.8 Å². The molecule has 6 aromatic heterocycles. The number of nitrogens with zero attached hydrogens (tertiary/aromatic N) is 12. The molecular weight excluding hydrogens is 1170 g/mol. The van der Waals surface area contributed by atoms with E-state index in [0.29, 0.717) is 49.7 Å². The summed E-state index contributed by atoms with van der Waals surface area (Å²) in [5, 5.41) is 21.7. The Morgan fingerprint density at radius 2 is 1.07 bits per heavy atom. The van der Waals surface area contributed by atoms with Crippen LogP contribution in [-0.4, -0.2) is 137 Å². The van der Waals surface area contributed by atoms with Crippen LogP contribution in [0.4, 0.5) is 20.4 Å². The van der Waals surface area contributed by atoms with Gasteiger partial charge in [-0.1, -0.05) is 31.7 Å². The Balaban J connectivity index is 0.000000203. The molecule has 2 aliphatic heterocycles. The van der Waals surface area contributed by atoms with Gasteiger partial charge in [0.1, 0.15) is 69.3 Å². The van der Waals surface area contributed by atoms with Gasteiger partial charge in [-0.2, -0.15) is 10.2 Å². The Labute approximate surface area is 474 Å². The van der Waals surface area contributed by atoms with Crippen molar-refractivity contribution in [2.45, 2.75) is 98.3 Å². The molecule has 2 aliphatic rings. The zero-order valence-electron chi connectivity index (χ0n) is 43.1. The molecule has 3 amide bonds. The number of fused-ring (bicyclic) bond motifs is 2. The Morgan fingerprint density at radius 3 is 1.48 bits per heavy atom. The maximum absolute atomic E-state index is 14.4. The Bertz CT molecular complexity index is 3590. The van der Waals surface area contributed by atoms with Crippen LogP contribution in [0.15, 0.2) is 107 Å². The number of aryl methyl sites for hydroxylation is 2. The fourth-order valence-corrected chi connectivity index (χ4v) is 9.93. The lowest BCUT2D eigenvalue weighted by molar-refractivity contribution is -0.140. The lowest BCUT2D eigenvalue weighted by atomic mass is 10.0. The lowest BCUT2D eigenvalue weighted by Gasteiger charge is -2.24. The van der Waals surface area contributed by atoms with E-state index in [2.05, 4.69) is 77.3 Å². The van der Waals surface area contributed by atoms with E-state index in [1.807, 2.05) is 30.3 Å². The van der Waals surface area contributed by atoms with E-state index < -0.39 is 36.3 Å². The van der Waals surface area contributed by atoms with Crippen LogP contribution in [0.5, 0.6) is 0 Å². The molecule has 4 atom stereocenters. The van der Waals surface area contributed by atoms with Gasteiger partial charge in [0.05, 0.1) is 30.5 Å². The van der Waals surface area contributed by atoms with Gasteiger partial charge in [-0.05, 0) is 105 Å². The van der Waals surface area contributed by atoms with Crippen molar-refractivity contribution in [1.82, 2.24) is 59.3 Å². The van der Waals surface area contributed by atoms with Gasteiger partial charge in [-0.15, -0.1) is 0 Å². The quantitative estimate of drug-likeness (QED) is 0.0719. The van der Waals surface area contributed by atoms with Crippen molar-refractivity contribution >= 4 is 101 Å². The molecule has 10 rings (SSSR count). The third-order valence-corrected chi connectivity index (χ3v) is 13.8. The number of aromatic nitrogens is 10. The van der Waals surface area contributed by atoms with E-state index in [4.69, 9.17) is 10.8 Å². The number of rotatable bonds is 13. The molecular formula is C55H56Br2F2N14O7. The number of pyridine rings is 2. The first kappa shape index (κ1) is 59.3. The second-order valence-corrected chi connectivity index (χ2v) is 20.4. The number of alkyl halides is 2. The van der Waals surface area contributed by atoms with Crippen LogP contribution in [0.3, 0.4) is 0 Å². The minimum absolute atomic E-state index is 0. The molecule has 4 N–H and O–H groups in total. The maximum atomic E-state index is 14.4. The van der Waals surface area contributed by atoms with Crippen LogP contribution >= 0.6 is 31.9 Å². The van der Waals surface area contributed by atoms with Crippen LogP contribution in [-0.2, 0) is 32.3 Å². The second kappa shape index (κ2) is 26.1. The van der Waals surface area contributed by atoms with Gasteiger partial charge in [-0.25, -0.2) is 38.7 Å². The van der Waals surface area contributed by atoms with E-state index in [-0.39, 0.29) is 94.1 Å². The summed E-state index contributed by atoms with van der Waals surface area (Å²) >= 11 is 6.43. The third-order valence-electron chi connectivity index (χ3n) is 12.9. The average Bonchev–Trinajstić information content (AvgIpc) is 4.18. The molecule has 0 radical (unpaired) electrons. The predicted molar refractivity (Wildman–Crippen MR) is 302 cm³/mol. The summed E-state index contributed by atoms with van der Waals surface area (Å²) in [6, 6.07) is 20.1. The first-order valence-corrected chi connectivity index (χ1v) is 26.3. The molecule has 0 saturated carbocycles.